The van der Waals surface area contributed by atoms with Gasteiger partial charge in [0, 0.05) is 32.8 Å². The zero-order chi connectivity index (χ0) is 30.1. The van der Waals surface area contributed by atoms with E-state index in [4.69, 9.17) is 4.74 Å². The Balaban J connectivity index is 1.76. The number of anilines is 1. The second-order valence-electron chi connectivity index (χ2n) is 10.4. The molecule has 2 heterocycles. The number of aromatic nitrogens is 2. The molecule has 4 rings (SSSR count). The largest absolute Gasteiger partial charge is 0.486 e. The predicted octanol–water partition coefficient (Wildman–Crippen LogP) is 2.07. The lowest BCUT2D eigenvalue weighted by atomic mass is 9.99. The first-order valence-corrected chi connectivity index (χ1v) is 15.9. The minimum atomic E-state index is -4.06. The van der Waals surface area contributed by atoms with Crippen LogP contribution in [-0.2, 0) is 27.1 Å². The summed E-state index contributed by atoms with van der Waals surface area (Å²) in [4.78, 5) is 19.2. The van der Waals surface area contributed by atoms with Gasteiger partial charge in [0.25, 0.3) is 26.0 Å². The molecule has 3 atom stereocenters. The van der Waals surface area contributed by atoms with E-state index in [1.807, 2.05) is 6.92 Å². The van der Waals surface area contributed by atoms with Gasteiger partial charge >= 0.3 is 0 Å². The fourth-order valence-corrected chi connectivity index (χ4v) is 6.70. The van der Waals surface area contributed by atoms with Crippen molar-refractivity contribution in [1.29, 1.82) is 0 Å². The summed E-state index contributed by atoms with van der Waals surface area (Å²) in [6.45, 7) is 5.10. The van der Waals surface area contributed by atoms with E-state index < -0.39 is 44.0 Å². The van der Waals surface area contributed by atoms with Gasteiger partial charge < -0.3 is 19.3 Å². The number of benzene rings is 2. The smallest absolute Gasteiger partial charge is 0.262 e. The van der Waals surface area contributed by atoms with E-state index in [1.54, 1.807) is 33.0 Å². The first kappa shape index (κ1) is 30.5. The molecular formula is C27H35N5O7S2. The summed E-state index contributed by atoms with van der Waals surface area (Å²) >= 11 is 0. The highest BCUT2D eigenvalue weighted by molar-refractivity contribution is 7.92. The molecule has 1 aliphatic heterocycles. The number of imidazole rings is 1. The number of sulfonamides is 2. The standard InChI is InChI=1S/C27H35N5O7S2/c1-18-9-11-21(12-10-18)40(35,36)29-23-8-6-7-22-26(23)39-24(19(2)13-32(27(22)34)20(3)16-33)14-31(5)41(37,38)25-15-30(4)17-28-25/h6-12,15,17,19-20,24,29,33H,13-14,16H2,1-5H3/t19-,20+,24-/m0/s1. The molecule has 0 bridgehead atoms. The van der Waals surface area contributed by atoms with Crippen LogP contribution in [0.25, 0.3) is 0 Å². The van der Waals surface area contributed by atoms with Gasteiger partial charge in [0.2, 0.25) is 0 Å². The number of hydrogen-bond acceptors (Lipinski definition) is 8. The maximum atomic E-state index is 13.7. The quantitative estimate of drug-likeness (QED) is 0.376. The van der Waals surface area contributed by atoms with Gasteiger partial charge in [0.1, 0.15) is 6.10 Å². The molecule has 0 aliphatic carbocycles. The highest BCUT2D eigenvalue weighted by Gasteiger charge is 2.37. The molecule has 41 heavy (non-hydrogen) atoms. The Morgan fingerprint density at radius 1 is 1.17 bits per heavy atom. The Hall–Kier alpha value is -3.46. The summed E-state index contributed by atoms with van der Waals surface area (Å²) in [6, 6.07) is 10.3. The first-order valence-electron chi connectivity index (χ1n) is 13.0. The number of hydrogen-bond donors (Lipinski definition) is 2. The summed E-state index contributed by atoms with van der Waals surface area (Å²) in [5, 5.41) is 9.76. The van der Waals surface area contributed by atoms with Crippen LogP contribution in [0, 0.1) is 12.8 Å². The molecule has 0 spiro atoms. The molecule has 1 aromatic heterocycles. The van der Waals surface area contributed by atoms with Crippen molar-refractivity contribution in [2.24, 2.45) is 13.0 Å². The van der Waals surface area contributed by atoms with Crippen molar-refractivity contribution < 1.29 is 31.5 Å². The van der Waals surface area contributed by atoms with Gasteiger partial charge in [-0.05, 0) is 38.1 Å². The van der Waals surface area contributed by atoms with Gasteiger partial charge in [-0.3, -0.25) is 9.52 Å². The minimum Gasteiger partial charge on any atom is -0.486 e. The molecule has 0 saturated carbocycles. The van der Waals surface area contributed by atoms with E-state index in [1.165, 1.54) is 59.4 Å². The monoisotopic (exact) mass is 605 g/mol. The minimum absolute atomic E-state index is 0.0245. The summed E-state index contributed by atoms with van der Waals surface area (Å²) in [6.07, 6.45) is 1.98. The molecular weight excluding hydrogens is 570 g/mol. The fourth-order valence-electron chi connectivity index (χ4n) is 4.50. The molecule has 14 heteroatoms. The average molecular weight is 606 g/mol. The van der Waals surface area contributed by atoms with E-state index >= 15 is 0 Å². The first-order chi connectivity index (χ1) is 19.2. The van der Waals surface area contributed by atoms with Crippen molar-refractivity contribution in [2.45, 2.75) is 42.8 Å². The average Bonchev–Trinajstić information content (AvgIpc) is 3.37. The van der Waals surface area contributed by atoms with Crippen molar-refractivity contribution in [3.63, 3.8) is 0 Å². The van der Waals surface area contributed by atoms with Gasteiger partial charge in [-0.25, -0.2) is 21.8 Å². The molecule has 2 aromatic carbocycles. The molecule has 222 valence electrons. The third-order valence-corrected chi connectivity index (χ3v) is 10.2. The highest BCUT2D eigenvalue weighted by Crippen LogP contribution is 2.36. The highest BCUT2D eigenvalue weighted by atomic mass is 32.2. The molecule has 1 aliphatic rings. The summed E-state index contributed by atoms with van der Waals surface area (Å²) in [5.41, 5.74) is 1.01. The van der Waals surface area contributed by atoms with Gasteiger partial charge in [-0.15, -0.1) is 0 Å². The number of nitrogens with zero attached hydrogens (tertiary/aromatic N) is 4. The van der Waals surface area contributed by atoms with Crippen LogP contribution >= 0.6 is 0 Å². The van der Waals surface area contributed by atoms with Crippen LogP contribution in [0.5, 0.6) is 5.75 Å². The zero-order valence-corrected chi connectivity index (χ0v) is 25.2. The van der Waals surface area contributed by atoms with E-state index in [0.717, 1.165) is 9.87 Å². The lowest BCUT2D eigenvalue weighted by Gasteiger charge is -2.38. The molecule has 0 fully saturated rings. The number of carbonyl (C=O) groups excluding carboxylic acids is 1. The molecule has 0 radical (unpaired) electrons. The second kappa shape index (κ2) is 11.8. The van der Waals surface area contributed by atoms with Gasteiger partial charge in [0.05, 0.1) is 41.7 Å². The van der Waals surface area contributed by atoms with Crippen LogP contribution in [0.1, 0.15) is 29.8 Å². The van der Waals surface area contributed by atoms with Crippen molar-refractivity contribution >= 4 is 31.6 Å². The third-order valence-electron chi connectivity index (χ3n) is 7.06. The molecule has 0 unspecified atom stereocenters. The number of aliphatic hydroxyl groups excluding tert-OH is 1. The third kappa shape index (κ3) is 6.40. The van der Waals surface area contributed by atoms with Crippen molar-refractivity contribution in [2.75, 3.05) is 31.5 Å². The van der Waals surface area contributed by atoms with Gasteiger partial charge in [-0.2, -0.15) is 4.31 Å². The van der Waals surface area contributed by atoms with Crippen LogP contribution in [0.4, 0.5) is 5.69 Å². The number of rotatable bonds is 9. The normalized spacial score (nSPS) is 18.8. The maximum absolute atomic E-state index is 13.7. The van der Waals surface area contributed by atoms with Gasteiger partial charge in [0.15, 0.2) is 10.8 Å². The molecule has 3 aromatic rings. The van der Waals surface area contributed by atoms with Crippen LogP contribution in [0.2, 0.25) is 0 Å². The van der Waals surface area contributed by atoms with E-state index in [-0.39, 0.29) is 46.6 Å². The number of aliphatic hydroxyl groups is 1. The predicted molar refractivity (Wildman–Crippen MR) is 153 cm³/mol. The molecule has 0 saturated heterocycles. The van der Waals surface area contributed by atoms with Crippen LogP contribution in [-0.4, -0.2) is 85.5 Å². The second-order valence-corrected chi connectivity index (χ2v) is 14.1. The zero-order valence-electron chi connectivity index (χ0n) is 23.6. The van der Waals surface area contributed by atoms with E-state index in [2.05, 4.69) is 9.71 Å². The summed E-state index contributed by atoms with van der Waals surface area (Å²) < 4.78 is 64.6. The van der Waals surface area contributed by atoms with Crippen molar-refractivity contribution in [3.8, 4) is 5.75 Å². The SMILES string of the molecule is Cc1ccc(S(=O)(=O)Nc2cccc3c2O[C@@H](CN(C)S(=O)(=O)c2cn(C)cn2)[C@@H](C)CN([C@H](C)CO)C3=O)cc1. The number of para-hydroxylation sites is 1. The Bertz CT molecular complexity index is 1620. The fraction of sp³-hybridized carbons (Fsp3) is 0.407. The summed E-state index contributed by atoms with van der Waals surface area (Å²) in [5.74, 6) is -0.884. The van der Waals surface area contributed by atoms with Crippen LogP contribution in [0.15, 0.2) is 64.9 Å². The molecule has 2 N–H and O–H groups in total. The Labute approximate surface area is 240 Å². The van der Waals surface area contributed by atoms with E-state index in [9.17, 15) is 26.7 Å². The number of likely N-dealkylation sites (N-methyl/N-ethyl adjacent to an activating group) is 1. The van der Waals surface area contributed by atoms with E-state index in [0.29, 0.717) is 0 Å². The number of aryl methyl sites for hydroxylation is 2. The van der Waals surface area contributed by atoms with Gasteiger partial charge in [-0.1, -0.05) is 30.7 Å². The maximum Gasteiger partial charge on any atom is 0.262 e. The Morgan fingerprint density at radius 2 is 1.85 bits per heavy atom. The topological polar surface area (TPSA) is 151 Å². The Kier molecular flexibility index (Phi) is 8.78. The Morgan fingerprint density at radius 3 is 2.46 bits per heavy atom. The van der Waals surface area contributed by atoms with Crippen LogP contribution < -0.4 is 9.46 Å². The number of fused-ring (bicyclic) bond motifs is 1. The lowest BCUT2D eigenvalue weighted by Crippen LogP contribution is -2.50. The number of amides is 1. The lowest BCUT2D eigenvalue weighted by molar-refractivity contribution is 0.0389. The number of ether oxygens (including phenoxy) is 1. The molecule has 12 nitrogen and oxygen atoms in total. The van der Waals surface area contributed by atoms with Crippen molar-refractivity contribution in [3.05, 3.63) is 66.1 Å². The summed E-state index contributed by atoms with van der Waals surface area (Å²) in [7, 11) is -4.96. The number of carbonyl (C=O) groups is 1. The van der Waals surface area contributed by atoms with Crippen molar-refractivity contribution in [1.82, 2.24) is 18.8 Å². The van der Waals surface area contributed by atoms with Crippen LogP contribution in [0.3, 0.4) is 0 Å². The number of nitrogens with one attached hydrogen (secondary N) is 1. The molecule has 1 amide bonds.